The van der Waals surface area contributed by atoms with Crippen LogP contribution in [0.2, 0.25) is 0 Å². The van der Waals surface area contributed by atoms with Crippen molar-refractivity contribution in [3.63, 3.8) is 0 Å². The molecule has 1 aliphatic heterocycles. The molecule has 1 heterocycles. The zero-order valence-corrected chi connectivity index (χ0v) is 17.3. The van der Waals surface area contributed by atoms with E-state index in [0.717, 1.165) is 13.1 Å². The zero-order chi connectivity index (χ0) is 18.5. The first-order valence-corrected chi connectivity index (χ1v) is 10.6. The quantitative estimate of drug-likeness (QED) is 0.536. The van der Waals surface area contributed by atoms with Crippen molar-refractivity contribution in [2.24, 2.45) is 0 Å². The molecule has 2 bridgehead atoms. The van der Waals surface area contributed by atoms with Crippen molar-refractivity contribution in [1.29, 1.82) is 0 Å². The Morgan fingerprint density at radius 2 is 0.923 bits per heavy atom. The lowest BCUT2D eigenvalue weighted by Gasteiger charge is -2.30. The minimum Gasteiger partial charge on any atom is -0.374 e. The highest BCUT2D eigenvalue weighted by molar-refractivity contribution is 6.05. The summed E-state index contributed by atoms with van der Waals surface area (Å²) in [5.41, 5.74) is 5.75. The fraction of sp³-hybridized carbons (Fsp3) is 0.583. The summed E-state index contributed by atoms with van der Waals surface area (Å²) in [6.07, 6.45) is 10.9. The molecule has 1 aliphatic rings. The van der Waals surface area contributed by atoms with Crippen LogP contribution in [0.1, 0.15) is 62.5 Å². The second-order valence-electron chi connectivity index (χ2n) is 8.16. The van der Waals surface area contributed by atoms with E-state index >= 15 is 0 Å². The number of anilines is 2. The Labute approximate surface area is 160 Å². The standard InChI is InChI=1S/C24H36N2/c1-19-20(2)24-22-16-12-11-15-21(22)23(19)25(3)17-13-9-7-5-6-8-10-14-18-26(24)4/h11-12,15-16H,5-10,13-14,17-18H2,1-4H3. The van der Waals surface area contributed by atoms with E-state index in [4.69, 9.17) is 0 Å². The molecule has 0 fully saturated rings. The molecule has 3 rings (SSSR count). The van der Waals surface area contributed by atoms with Crippen molar-refractivity contribution < 1.29 is 0 Å². The number of hydrogen-bond acceptors (Lipinski definition) is 2. The molecular weight excluding hydrogens is 316 g/mol. The van der Waals surface area contributed by atoms with Gasteiger partial charge in [0.05, 0.1) is 0 Å². The minimum absolute atomic E-state index is 1.15. The molecule has 0 atom stereocenters. The van der Waals surface area contributed by atoms with Crippen molar-refractivity contribution in [2.45, 2.75) is 65.2 Å². The molecule has 0 saturated carbocycles. The number of hydrogen-bond donors (Lipinski definition) is 0. The molecular formula is C24H36N2. The molecule has 0 amide bonds. The Kier molecular flexibility index (Phi) is 6.45. The Balaban J connectivity index is 2.08. The van der Waals surface area contributed by atoms with Gasteiger partial charge in [0, 0.05) is 49.3 Å². The van der Waals surface area contributed by atoms with E-state index < -0.39 is 0 Å². The molecule has 2 heteroatoms. The van der Waals surface area contributed by atoms with Gasteiger partial charge in [0.25, 0.3) is 0 Å². The van der Waals surface area contributed by atoms with Crippen LogP contribution in [-0.2, 0) is 0 Å². The fourth-order valence-corrected chi connectivity index (χ4v) is 4.62. The van der Waals surface area contributed by atoms with Crippen LogP contribution in [0.3, 0.4) is 0 Å². The van der Waals surface area contributed by atoms with E-state index in [0.29, 0.717) is 0 Å². The summed E-state index contributed by atoms with van der Waals surface area (Å²) in [7, 11) is 4.56. The Bertz CT molecular complexity index is 672. The maximum Gasteiger partial charge on any atom is 0.0477 e. The van der Waals surface area contributed by atoms with Gasteiger partial charge in [-0.15, -0.1) is 0 Å². The lowest BCUT2D eigenvalue weighted by molar-refractivity contribution is 0.567. The van der Waals surface area contributed by atoms with Gasteiger partial charge >= 0.3 is 0 Å². The van der Waals surface area contributed by atoms with Gasteiger partial charge in [-0.25, -0.2) is 0 Å². The first-order chi connectivity index (χ1) is 12.6. The molecule has 2 aromatic rings. The molecule has 0 spiro atoms. The number of benzene rings is 2. The van der Waals surface area contributed by atoms with Gasteiger partial charge in [0.2, 0.25) is 0 Å². The molecule has 0 aliphatic carbocycles. The van der Waals surface area contributed by atoms with E-state index in [9.17, 15) is 0 Å². The van der Waals surface area contributed by atoms with Gasteiger partial charge in [-0.05, 0) is 37.8 Å². The normalized spacial score (nSPS) is 17.8. The Morgan fingerprint density at radius 1 is 0.577 bits per heavy atom. The summed E-state index contributed by atoms with van der Waals surface area (Å²) < 4.78 is 0. The highest BCUT2D eigenvalue weighted by Crippen LogP contribution is 2.40. The summed E-state index contributed by atoms with van der Waals surface area (Å²) >= 11 is 0. The topological polar surface area (TPSA) is 6.48 Å². The van der Waals surface area contributed by atoms with E-state index in [2.05, 4.69) is 62.0 Å². The van der Waals surface area contributed by atoms with Gasteiger partial charge in [0.15, 0.2) is 0 Å². The average molecular weight is 353 g/mol. The van der Waals surface area contributed by atoms with Crippen molar-refractivity contribution in [2.75, 3.05) is 37.0 Å². The number of rotatable bonds is 0. The van der Waals surface area contributed by atoms with Crippen LogP contribution in [0.25, 0.3) is 10.8 Å². The maximum absolute atomic E-state index is 2.50. The molecule has 0 aromatic heterocycles. The largest absolute Gasteiger partial charge is 0.374 e. The second-order valence-corrected chi connectivity index (χ2v) is 8.16. The molecule has 2 aromatic carbocycles. The smallest absolute Gasteiger partial charge is 0.0477 e. The van der Waals surface area contributed by atoms with Crippen LogP contribution in [0.15, 0.2) is 24.3 Å². The number of nitrogens with zero attached hydrogens (tertiary/aromatic N) is 2. The lowest BCUT2D eigenvalue weighted by atomic mass is 9.95. The average Bonchev–Trinajstić information content (AvgIpc) is 2.63. The zero-order valence-electron chi connectivity index (χ0n) is 17.3. The van der Waals surface area contributed by atoms with Crippen LogP contribution in [-0.4, -0.2) is 27.2 Å². The predicted molar refractivity (Wildman–Crippen MR) is 117 cm³/mol. The van der Waals surface area contributed by atoms with E-state index in [-0.39, 0.29) is 0 Å². The molecule has 142 valence electrons. The summed E-state index contributed by atoms with van der Waals surface area (Å²) in [4.78, 5) is 5.00. The van der Waals surface area contributed by atoms with Crippen LogP contribution in [0.4, 0.5) is 11.4 Å². The van der Waals surface area contributed by atoms with E-state index in [1.54, 1.807) is 0 Å². The van der Waals surface area contributed by atoms with Crippen molar-refractivity contribution in [1.82, 2.24) is 0 Å². The molecule has 0 N–H and O–H groups in total. The van der Waals surface area contributed by atoms with Gasteiger partial charge in [-0.2, -0.15) is 0 Å². The van der Waals surface area contributed by atoms with Gasteiger partial charge in [-0.3, -0.25) is 0 Å². The Morgan fingerprint density at radius 3 is 1.31 bits per heavy atom. The first-order valence-electron chi connectivity index (χ1n) is 10.6. The lowest BCUT2D eigenvalue weighted by Crippen LogP contribution is -2.23. The summed E-state index contributed by atoms with van der Waals surface area (Å²) in [6, 6.07) is 9.01. The van der Waals surface area contributed by atoms with E-state index in [1.807, 2.05) is 0 Å². The highest BCUT2D eigenvalue weighted by Gasteiger charge is 2.18. The minimum atomic E-state index is 1.15. The van der Waals surface area contributed by atoms with Gasteiger partial charge in [0.1, 0.15) is 0 Å². The van der Waals surface area contributed by atoms with Crippen LogP contribution in [0.5, 0.6) is 0 Å². The first kappa shape index (κ1) is 19.1. The van der Waals surface area contributed by atoms with Crippen LogP contribution >= 0.6 is 0 Å². The maximum atomic E-state index is 2.50. The van der Waals surface area contributed by atoms with Crippen LogP contribution < -0.4 is 9.80 Å². The van der Waals surface area contributed by atoms with Crippen LogP contribution in [0, 0.1) is 13.8 Å². The molecule has 26 heavy (non-hydrogen) atoms. The van der Waals surface area contributed by atoms with Gasteiger partial charge < -0.3 is 9.80 Å². The third kappa shape index (κ3) is 4.00. The Hall–Kier alpha value is -1.70. The molecule has 0 unspecified atom stereocenters. The third-order valence-corrected chi connectivity index (χ3v) is 6.21. The third-order valence-electron chi connectivity index (χ3n) is 6.21. The highest BCUT2D eigenvalue weighted by atomic mass is 15.1. The summed E-state index contributed by atoms with van der Waals surface area (Å²) in [5.74, 6) is 0. The predicted octanol–water partition coefficient (Wildman–Crippen LogP) is 6.46. The molecule has 2 nitrogen and oxygen atoms in total. The van der Waals surface area contributed by atoms with Crippen molar-refractivity contribution in [3.05, 3.63) is 35.4 Å². The monoisotopic (exact) mass is 352 g/mol. The molecule has 0 saturated heterocycles. The van der Waals surface area contributed by atoms with Crippen molar-refractivity contribution in [3.8, 4) is 0 Å². The summed E-state index contributed by atoms with van der Waals surface area (Å²) in [5, 5.41) is 2.82. The SMILES string of the molecule is Cc1c(C)c2c3ccccc3c1N(C)CCCCCCCCCCN2C. The summed E-state index contributed by atoms with van der Waals surface area (Å²) in [6.45, 7) is 6.93. The van der Waals surface area contributed by atoms with Crippen molar-refractivity contribution >= 4 is 22.1 Å². The fourth-order valence-electron chi connectivity index (χ4n) is 4.62. The molecule has 0 radical (unpaired) electrons. The second kappa shape index (κ2) is 8.79. The van der Waals surface area contributed by atoms with Gasteiger partial charge in [-0.1, -0.05) is 62.8 Å². The van der Waals surface area contributed by atoms with E-state index in [1.165, 1.54) is 84.6 Å².